The van der Waals surface area contributed by atoms with Crippen LogP contribution in [0.5, 0.6) is 17.2 Å². The van der Waals surface area contributed by atoms with E-state index in [-0.39, 0.29) is 23.3 Å². The molecule has 6 heteroatoms. The van der Waals surface area contributed by atoms with Gasteiger partial charge in [0.05, 0.1) is 7.11 Å². The molecule has 25 heavy (non-hydrogen) atoms. The van der Waals surface area contributed by atoms with Crippen LogP contribution in [0.4, 0.5) is 0 Å². The summed E-state index contributed by atoms with van der Waals surface area (Å²) in [5.41, 5.74) is 7.47. The lowest BCUT2D eigenvalue weighted by atomic mass is 9.92. The summed E-state index contributed by atoms with van der Waals surface area (Å²) < 4.78 is 5.84. The highest BCUT2D eigenvalue weighted by Crippen LogP contribution is 2.34. The van der Waals surface area contributed by atoms with Gasteiger partial charge in [-0.2, -0.15) is 0 Å². The van der Waals surface area contributed by atoms with Gasteiger partial charge in [-0.3, -0.25) is 4.79 Å². The van der Waals surface area contributed by atoms with Crippen LogP contribution in [0, 0.1) is 5.92 Å². The number of nitrogens with two attached hydrogens (primary N) is 1. The maximum atomic E-state index is 11.8. The lowest BCUT2D eigenvalue weighted by molar-refractivity contribution is -0.122. The van der Waals surface area contributed by atoms with Gasteiger partial charge in [0.15, 0.2) is 11.5 Å². The number of methoxy groups -OCH3 is 1. The number of aromatic hydroxyl groups is 2. The van der Waals surface area contributed by atoms with Crippen LogP contribution in [-0.2, 0) is 17.6 Å². The first-order valence-corrected chi connectivity index (χ1v) is 8.82. The average Bonchev–Trinajstić information content (AvgIpc) is 2.58. The van der Waals surface area contributed by atoms with Gasteiger partial charge < -0.3 is 20.7 Å². The van der Waals surface area contributed by atoms with Crippen molar-refractivity contribution in [3.8, 4) is 17.2 Å². The number of carbonyl (C=O) groups excluding carboxylic acids is 1. The number of hydrogen-bond acceptors (Lipinski definition) is 4. The van der Waals surface area contributed by atoms with E-state index in [1.807, 2.05) is 12.1 Å². The highest BCUT2D eigenvalue weighted by molar-refractivity contribution is 9.10. The van der Waals surface area contributed by atoms with Gasteiger partial charge in [-0.15, -0.1) is 0 Å². The molecule has 0 aliphatic rings. The van der Waals surface area contributed by atoms with E-state index in [0.29, 0.717) is 18.6 Å². The van der Waals surface area contributed by atoms with Crippen molar-refractivity contribution in [2.75, 3.05) is 7.11 Å². The Labute approximate surface area is 155 Å². The zero-order chi connectivity index (χ0) is 18.4. The van der Waals surface area contributed by atoms with Crippen LogP contribution in [0.25, 0.3) is 0 Å². The lowest BCUT2D eigenvalue weighted by Crippen LogP contribution is -2.25. The van der Waals surface area contributed by atoms with Crippen molar-refractivity contribution in [3.63, 3.8) is 0 Å². The molecule has 0 heterocycles. The molecule has 0 fully saturated rings. The highest BCUT2D eigenvalue weighted by Gasteiger charge is 2.19. The summed E-state index contributed by atoms with van der Waals surface area (Å²) in [4.78, 5) is 11.8. The maximum absolute atomic E-state index is 11.8. The third-order valence-corrected chi connectivity index (χ3v) is 4.91. The molecular formula is C19H22BrNO4. The average molecular weight is 408 g/mol. The van der Waals surface area contributed by atoms with Crippen LogP contribution in [-0.4, -0.2) is 23.2 Å². The fraction of sp³-hybridized carbons (Fsp3) is 0.316. The highest BCUT2D eigenvalue weighted by atomic mass is 79.9. The Morgan fingerprint density at radius 1 is 1.24 bits per heavy atom. The molecule has 0 aliphatic carbocycles. The van der Waals surface area contributed by atoms with E-state index in [9.17, 15) is 15.0 Å². The van der Waals surface area contributed by atoms with Gasteiger partial charge in [0.1, 0.15) is 5.75 Å². The molecule has 0 bridgehead atoms. The molecule has 0 spiro atoms. The molecule has 134 valence electrons. The normalized spacial score (nSPS) is 11.9. The predicted molar refractivity (Wildman–Crippen MR) is 99.8 cm³/mol. The first-order valence-electron chi connectivity index (χ1n) is 8.03. The minimum atomic E-state index is -0.354. The summed E-state index contributed by atoms with van der Waals surface area (Å²) in [6, 6.07) is 10.3. The van der Waals surface area contributed by atoms with Gasteiger partial charge >= 0.3 is 0 Å². The number of benzene rings is 2. The Morgan fingerprint density at radius 3 is 2.52 bits per heavy atom. The van der Waals surface area contributed by atoms with E-state index in [4.69, 9.17) is 10.5 Å². The largest absolute Gasteiger partial charge is 0.508 e. The lowest BCUT2D eigenvalue weighted by Gasteiger charge is -2.16. The van der Waals surface area contributed by atoms with Crippen molar-refractivity contribution >= 4 is 21.8 Å². The van der Waals surface area contributed by atoms with Crippen molar-refractivity contribution in [1.29, 1.82) is 0 Å². The van der Waals surface area contributed by atoms with Gasteiger partial charge in [-0.25, -0.2) is 0 Å². The standard InChI is InChI=1S/C19H22BrNO4/c1-25-18-11-16(20)14(10-17(18)23)9-13(19(21)24)4-2-3-12-5-7-15(22)8-6-12/h5-8,10-11,13,22-23H,2-4,9H2,1H3,(H2,21,24). The summed E-state index contributed by atoms with van der Waals surface area (Å²) in [5, 5.41) is 19.2. The molecule has 1 atom stereocenters. The van der Waals surface area contributed by atoms with Crippen LogP contribution in [0.15, 0.2) is 40.9 Å². The Kier molecular flexibility index (Phi) is 6.70. The molecule has 4 N–H and O–H groups in total. The van der Waals surface area contributed by atoms with E-state index < -0.39 is 0 Å². The van der Waals surface area contributed by atoms with Crippen molar-refractivity contribution in [1.82, 2.24) is 0 Å². The molecule has 2 aromatic rings. The Hall–Kier alpha value is -2.21. The van der Waals surface area contributed by atoms with Crippen molar-refractivity contribution < 1.29 is 19.7 Å². The number of rotatable bonds is 8. The smallest absolute Gasteiger partial charge is 0.220 e. The molecule has 0 aromatic heterocycles. The topological polar surface area (TPSA) is 92.8 Å². The molecule has 0 radical (unpaired) electrons. The number of phenolic OH excluding ortho intramolecular Hbond substituents is 2. The molecule has 0 saturated carbocycles. The second kappa shape index (κ2) is 8.76. The van der Waals surface area contributed by atoms with E-state index in [1.54, 1.807) is 24.3 Å². The van der Waals surface area contributed by atoms with Gasteiger partial charge in [0.2, 0.25) is 5.91 Å². The van der Waals surface area contributed by atoms with Crippen LogP contribution in [0.3, 0.4) is 0 Å². The Bertz CT molecular complexity index is 731. The van der Waals surface area contributed by atoms with Crippen LogP contribution in [0.2, 0.25) is 0 Å². The predicted octanol–water partition coefficient (Wildman–Crippen LogP) is 3.54. The Morgan fingerprint density at radius 2 is 1.92 bits per heavy atom. The molecular weight excluding hydrogens is 386 g/mol. The molecule has 0 saturated heterocycles. The van der Waals surface area contributed by atoms with Gasteiger partial charge in [-0.05, 0) is 61.1 Å². The fourth-order valence-corrected chi connectivity index (χ4v) is 3.22. The molecule has 1 unspecified atom stereocenters. The number of ether oxygens (including phenoxy) is 1. The number of primary amides is 1. The summed E-state index contributed by atoms with van der Waals surface area (Å²) in [6.07, 6.45) is 2.70. The van der Waals surface area contributed by atoms with Crippen LogP contribution < -0.4 is 10.5 Å². The fourth-order valence-electron chi connectivity index (χ4n) is 2.73. The number of phenols is 2. The van der Waals surface area contributed by atoms with E-state index >= 15 is 0 Å². The number of aryl methyl sites for hydroxylation is 1. The van der Waals surface area contributed by atoms with E-state index in [0.717, 1.165) is 28.4 Å². The third kappa shape index (κ3) is 5.39. The molecule has 5 nitrogen and oxygen atoms in total. The van der Waals surface area contributed by atoms with Crippen molar-refractivity contribution in [2.45, 2.75) is 25.7 Å². The second-order valence-corrected chi connectivity index (χ2v) is 6.83. The van der Waals surface area contributed by atoms with Gasteiger partial charge in [0, 0.05) is 10.4 Å². The summed E-state index contributed by atoms with van der Waals surface area (Å²) in [6.45, 7) is 0. The van der Waals surface area contributed by atoms with Crippen LogP contribution in [0.1, 0.15) is 24.0 Å². The molecule has 2 rings (SSSR count). The number of halogens is 1. The van der Waals surface area contributed by atoms with E-state index in [2.05, 4.69) is 15.9 Å². The molecule has 2 aromatic carbocycles. The molecule has 1 amide bonds. The maximum Gasteiger partial charge on any atom is 0.220 e. The third-order valence-electron chi connectivity index (χ3n) is 4.17. The van der Waals surface area contributed by atoms with Crippen LogP contribution >= 0.6 is 15.9 Å². The zero-order valence-corrected chi connectivity index (χ0v) is 15.6. The SMILES string of the molecule is COc1cc(Br)c(CC(CCCc2ccc(O)cc2)C(N)=O)cc1O. The van der Waals surface area contributed by atoms with Crippen molar-refractivity contribution in [3.05, 3.63) is 52.0 Å². The first-order chi connectivity index (χ1) is 11.9. The summed E-state index contributed by atoms with van der Waals surface area (Å²) >= 11 is 3.44. The minimum Gasteiger partial charge on any atom is -0.508 e. The Balaban J connectivity index is 2.00. The summed E-state index contributed by atoms with van der Waals surface area (Å²) in [5.74, 6) is -0.0244. The number of carbonyl (C=O) groups is 1. The van der Waals surface area contributed by atoms with E-state index in [1.165, 1.54) is 7.11 Å². The second-order valence-electron chi connectivity index (χ2n) is 5.98. The summed E-state index contributed by atoms with van der Waals surface area (Å²) in [7, 11) is 1.48. The first kappa shape index (κ1) is 19.1. The van der Waals surface area contributed by atoms with Gasteiger partial charge in [0.25, 0.3) is 0 Å². The number of amides is 1. The van der Waals surface area contributed by atoms with Gasteiger partial charge in [-0.1, -0.05) is 28.1 Å². The monoisotopic (exact) mass is 407 g/mol. The van der Waals surface area contributed by atoms with Crippen molar-refractivity contribution in [2.24, 2.45) is 11.7 Å². The number of hydrogen-bond donors (Lipinski definition) is 3. The quantitative estimate of drug-likeness (QED) is 0.623. The minimum absolute atomic E-state index is 0.0352. The zero-order valence-electron chi connectivity index (χ0n) is 14.0. The molecule has 0 aliphatic heterocycles.